The average molecular weight is 392 g/mol. The van der Waals surface area contributed by atoms with Crippen molar-refractivity contribution in [3.8, 4) is 0 Å². The van der Waals surface area contributed by atoms with E-state index in [1.165, 1.54) is 18.3 Å². The SMILES string of the molecule is O=C(NCc1ccc(Cl)cc1)c1ccnc(Nc2ccc(F)c(F)c2F)c1. The van der Waals surface area contributed by atoms with Gasteiger partial charge in [-0.3, -0.25) is 4.79 Å². The minimum atomic E-state index is -1.59. The lowest BCUT2D eigenvalue weighted by atomic mass is 10.2. The van der Waals surface area contributed by atoms with E-state index >= 15 is 0 Å². The molecule has 0 bridgehead atoms. The van der Waals surface area contributed by atoms with Crippen LogP contribution in [0, 0.1) is 17.5 Å². The molecule has 0 aliphatic carbocycles. The molecule has 4 nitrogen and oxygen atoms in total. The number of amides is 1. The Hall–Kier alpha value is -3.06. The number of rotatable bonds is 5. The Kier molecular flexibility index (Phi) is 5.61. The quantitative estimate of drug-likeness (QED) is 0.613. The van der Waals surface area contributed by atoms with Crippen molar-refractivity contribution in [1.82, 2.24) is 10.3 Å². The van der Waals surface area contributed by atoms with Gasteiger partial charge in [0.25, 0.3) is 5.91 Å². The Morgan fingerprint density at radius 3 is 2.48 bits per heavy atom. The largest absolute Gasteiger partial charge is 0.348 e. The third-order valence-electron chi connectivity index (χ3n) is 3.69. The molecule has 0 unspecified atom stereocenters. The summed E-state index contributed by atoms with van der Waals surface area (Å²) in [6.45, 7) is 0.291. The normalized spacial score (nSPS) is 10.5. The minimum Gasteiger partial charge on any atom is -0.348 e. The maximum atomic E-state index is 13.8. The lowest BCUT2D eigenvalue weighted by Crippen LogP contribution is -2.22. The number of anilines is 2. The number of benzene rings is 2. The molecule has 3 aromatic rings. The van der Waals surface area contributed by atoms with Gasteiger partial charge in [0.15, 0.2) is 17.5 Å². The molecular formula is C19H13ClF3N3O. The highest BCUT2D eigenvalue weighted by Crippen LogP contribution is 2.23. The predicted molar refractivity (Wildman–Crippen MR) is 96.5 cm³/mol. The summed E-state index contributed by atoms with van der Waals surface area (Å²) in [5.74, 6) is -4.51. The maximum absolute atomic E-state index is 13.8. The number of carbonyl (C=O) groups excluding carboxylic acids is 1. The van der Waals surface area contributed by atoms with Crippen molar-refractivity contribution in [3.63, 3.8) is 0 Å². The lowest BCUT2D eigenvalue weighted by Gasteiger charge is -2.10. The van der Waals surface area contributed by atoms with Gasteiger partial charge in [0.1, 0.15) is 5.82 Å². The van der Waals surface area contributed by atoms with E-state index in [1.807, 2.05) is 0 Å². The summed E-state index contributed by atoms with van der Waals surface area (Å²) >= 11 is 5.81. The van der Waals surface area contributed by atoms with Crippen molar-refractivity contribution in [3.05, 3.63) is 88.3 Å². The molecule has 3 rings (SSSR count). The Morgan fingerprint density at radius 2 is 1.74 bits per heavy atom. The van der Waals surface area contributed by atoms with Gasteiger partial charge < -0.3 is 10.6 Å². The summed E-state index contributed by atoms with van der Waals surface area (Å²) in [6.07, 6.45) is 1.34. The van der Waals surface area contributed by atoms with Gasteiger partial charge in [0, 0.05) is 23.3 Å². The molecule has 0 saturated heterocycles. The van der Waals surface area contributed by atoms with Crippen LogP contribution < -0.4 is 10.6 Å². The van der Waals surface area contributed by atoms with Gasteiger partial charge >= 0.3 is 0 Å². The fraction of sp³-hybridized carbons (Fsp3) is 0.0526. The number of pyridine rings is 1. The van der Waals surface area contributed by atoms with Gasteiger partial charge in [-0.1, -0.05) is 23.7 Å². The fourth-order valence-electron chi connectivity index (χ4n) is 2.29. The van der Waals surface area contributed by atoms with E-state index in [-0.39, 0.29) is 23.0 Å². The van der Waals surface area contributed by atoms with Gasteiger partial charge in [-0.05, 0) is 42.0 Å². The van der Waals surface area contributed by atoms with E-state index in [4.69, 9.17) is 11.6 Å². The first-order chi connectivity index (χ1) is 12.9. The number of carbonyl (C=O) groups is 1. The molecule has 27 heavy (non-hydrogen) atoms. The zero-order valence-corrected chi connectivity index (χ0v) is 14.5. The van der Waals surface area contributed by atoms with Gasteiger partial charge in [0.05, 0.1) is 5.69 Å². The number of nitrogens with one attached hydrogen (secondary N) is 2. The maximum Gasteiger partial charge on any atom is 0.251 e. The molecule has 0 aliphatic rings. The molecule has 1 heterocycles. The number of halogens is 4. The first-order valence-corrected chi connectivity index (χ1v) is 8.21. The number of hydrogen-bond donors (Lipinski definition) is 2. The van der Waals surface area contributed by atoms with E-state index in [2.05, 4.69) is 15.6 Å². The van der Waals surface area contributed by atoms with Gasteiger partial charge in [-0.15, -0.1) is 0 Å². The number of hydrogen-bond acceptors (Lipinski definition) is 3. The Labute approximate surface area is 158 Å². The average Bonchev–Trinajstić information content (AvgIpc) is 2.68. The third-order valence-corrected chi connectivity index (χ3v) is 3.94. The van der Waals surface area contributed by atoms with Crippen LogP contribution in [0.1, 0.15) is 15.9 Å². The van der Waals surface area contributed by atoms with Crippen LogP contribution in [0.25, 0.3) is 0 Å². The number of aromatic nitrogens is 1. The standard InChI is InChI=1S/C19H13ClF3N3O/c20-13-3-1-11(2-4-13)10-25-19(27)12-7-8-24-16(9-12)26-15-6-5-14(21)17(22)18(15)23/h1-9H,10H2,(H,24,26)(H,25,27). The number of nitrogens with zero attached hydrogens (tertiary/aromatic N) is 1. The fourth-order valence-corrected chi connectivity index (χ4v) is 2.41. The van der Waals surface area contributed by atoms with Gasteiger partial charge in [-0.25, -0.2) is 18.2 Å². The van der Waals surface area contributed by atoms with E-state index in [9.17, 15) is 18.0 Å². The van der Waals surface area contributed by atoms with Crippen LogP contribution in [-0.2, 0) is 6.54 Å². The molecule has 0 saturated carbocycles. The van der Waals surface area contributed by atoms with Crippen molar-refractivity contribution in [1.29, 1.82) is 0 Å². The van der Waals surface area contributed by atoms with Gasteiger partial charge in [-0.2, -0.15) is 0 Å². The topological polar surface area (TPSA) is 54.0 Å². The molecule has 1 amide bonds. The highest BCUT2D eigenvalue weighted by molar-refractivity contribution is 6.30. The molecule has 8 heteroatoms. The van der Waals surface area contributed by atoms with Crippen LogP contribution in [0.15, 0.2) is 54.7 Å². The van der Waals surface area contributed by atoms with Crippen molar-refractivity contribution in [2.45, 2.75) is 6.54 Å². The summed E-state index contributed by atoms with van der Waals surface area (Å²) in [5.41, 5.74) is 0.841. The second-order valence-electron chi connectivity index (χ2n) is 5.59. The van der Waals surface area contributed by atoms with Crippen LogP contribution in [-0.4, -0.2) is 10.9 Å². The van der Waals surface area contributed by atoms with E-state index in [0.717, 1.165) is 17.7 Å². The predicted octanol–water partition coefficient (Wildman–Crippen LogP) is 4.83. The Morgan fingerprint density at radius 1 is 1.00 bits per heavy atom. The molecule has 0 spiro atoms. The molecule has 0 aliphatic heterocycles. The molecule has 0 fully saturated rings. The monoisotopic (exact) mass is 391 g/mol. The third kappa shape index (κ3) is 4.57. The van der Waals surface area contributed by atoms with Crippen molar-refractivity contribution in [2.24, 2.45) is 0 Å². The summed E-state index contributed by atoms with van der Waals surface area (Å²) < 4.78 is 40.1. The second-order valence-corrected chi connectivity index (χ2v) is 6.02. The van der Waals surface area contributed by atoms with Crippen LogP contribution in [0.3, 0.4) is 0 Å². The zero-order chi connectivity index (χ0) is 19.4. The van der Waals surface area contributed by atoms with E-state index < -0.39 is 17.5 Å². The molecule has 1 aromatic heterocycles. The Balaban J connectivity index is 1.70. The molecule has 0 atom stereocenters. The summed E-state index contributed by atoms with van der Waals surface area (Å²) in [7, 11) is 0. The van der Waals surface area contributed by atoms with Crippen molar-refractivity contribution in [2.75, 3.05) is 5.32 Å². The zero-order valence-electron chi connectivity index (χ0n) is 13.8. The van der Waals surface area contributed by atoms with Gasteiger partial charge in [0.2, 0.25) is 0 Å². The molecular weight excluding hydrogens is 379 g/mol. The molecule has 138 valence electrons. The van der Waals surface area contributed by atoms with Crippen LogP contribution in [0.5, 0.6) is 0 Å². The highest BCUT2D eigenvalue weighted by Gasteiger charge is 2.14. The lowest BCUT2D eigenvalue weighted by molar-refractivity contribution is 0.0951. The first kappa shape index (κ1) is 18.7. The van der Waals surface area contributed by atoms with Crippen molar-refractivity contribution < 1.29 is 18.0 Å². The summed E-state index contributed by atoms with van der Waals surface area (Å²) in [4.78, 5) is 16.2. The summed E-state index contributed by atoms with van der Waals surface area (Å²) in [6, 6.07) is 11.7. The first-order valence-electron chi connectivity index (χ1n) is 7.83. The van der Waals surface area contributed by atoms with Crippen LogP contribution in [0.4, 0.5) is 24.7 Å². The second kappa shape index (κ2) is 8.09. The van der Waals surface area contributed by atoms with E-state index in [0.29, 0.717) is 11.6 Å². The van der Waals surface area contributed by atoms with Crippen molar-refractivity contribution >= 4 is 29.0 Å². The Bertz CT molecular complexity index is 980. The summed E-state index contributed by atoms with van der Waals surface area (Å²) in [5, 5.41) is 5.86. The van der Waals surface area contributed by atoms with Crippen LogP contribution >= 0.6 is 11.6 Å². The molecule has 2 N–H and O–H groups in total. The minimum absolute atomic E-state index is 0.110. The smallest absolute Gasteiger partial charge is 0.251 e. The highest BCUT2D eigenvalue weighted by atomic mass is 35.5. The molecule has 2 aromatic carbocycles. The van der Waals surface area contributed by atoms with E-state index in [1.54, 1.807) is 24.3 Å². The molecule has 0 radical (unpaired) electrons. The van der Waals surface area contributed by atoms with Crippen LogP contribution in [0.2, 0.25) is 5.02 Å².